The molecule has 1 fully saturated rings. The van der Waals surface area contributed by atoms with Crippen molar-refractivity contribution in [3.05, 3.63) is 91.8 Å². The van der Waals surface area contributed by atoms with Crippen LogP contribution >= 0.6 is 47.2 Å². The number of carbonyl (C=O) groups excluding carboxylic acids is 1. The van der Waals surface area contributed by atoms with Gasteiger partial charge >= 0.3 is 0 Å². The number of carbonyl (C=O) groups is 1. The van der Waals surface area contributed by atoms with Gasteiger partial charge < -0.3 is 9.47 Å². The van der Waals surface area contributed by atoms with E-state index in [-0.39, 0.29) is 12.5 Å². The van der Waals surface area contributed by atoms with E-state index in [9.17, 15) is 4.79 Å². The van der Waals surface area contributed by atoms with Gasteiger partial charge in [-0.15, -0.1) is 0 Å². The molecule has 35 heavy (non-hydrogen) atoms. The fourth-order valence-electron chi connectivity index (χ4n) is 3.50. The maximum Gasteiger partial charge on any atom is 0.270 e. The van der Waals surface area contributed by atoms with Gasteiger partial charge in [0.05, 0.1) is 17.2 Å². The Kier molecular flexibility index (Phi) is 8.07. The summed E-state index contributed by atoms with van der Waals surface area (Å²) >= 11 is 19.0. The Morgan fingerprint density at radius 2 is 1.77 bits per heavy atom. The molecule has 0 saturated carbocycles. The quantitative estimate of drug-likeness (QED) is 0.223. The number of hydrogen-bond donors (Lipinski definition) is 0. The molecule has 0 aromatic heterocycles. The van der Waals surface area contributed by atoms with Crippen LogP contribution in [-0.2, 0) is 11.4 Å². The average molecular weight is 545 g/mol. The first-order chi connectivity index (χ1) is 16.8. The van der Waals surface area contributed by atoms with E-state index in [1.807, 2.05) is 69.3 Å². The minimum Gasteiger partial charge on any atom is -0.490 e. The maximum absolute atomic E-state index is 13.2. The van der Waals surface area contributed by atoms with Crippen molar-refractivity contribution < 1.29 is 14.3 Å². The summed E-state index contributed by atoms with van der Waals surface area (Å²) in [5.41, 5.74) is 4.68. The van der Waals surface area contributed by atoms with Crippen LogP contribution in [0.15, 0.2) is 59.5 Å². The highest BCUT2D eigenvalue weighted by Crippen LogP contribution is 2.38. The molecule has 180 valence electrons. The monoisotopic (exact) mass is 543 g/mol. The number of nitrogens with zero attached hydrogens (tertiary/aromatic N) is 1. The molecule has 0 atom stereocenters. The lowest BCUT2D eigenvalue weighted by Crippen LogP contribution is -2.27. The third kappa shape index (κ3) is 5.84. The molecule has 4 nitrogen and oxygen atoms in total. The summed E-state index contributed by atoms with van der Waals surface area (Å²) in [5.74, 6) is 1.02. The Labute approximate surface area is 224 Å². The second-order valence-corrected chi connectivity index (χ2v) is 10.5. The molecule has 8 heteroatoms. The molecule has 0 aliphatic carbocycles. The number of amides is 1. The van der Waals surface area contributed by atoms with Crippen molar-refractivity contribution in [3.8, 4) is 11.5 Å². The van der Waals surface area contributed by atoms with Gasteiger partial charge in [-0.05, 0) is 79.9 Å². The second kappa shape index (κ2) is 11.0. The number of anilines is 1. The van der Waals surface area contributed by atoms with E-state index in [0.717, 1.165) is 22.4 Å². The van der Waals surface area contributed by atoms with E-state index in [1.54, 1.807) is 17.0 Å². The van der Waals surface area contributed by atoms with Crippen molar-refractivity contribution in [1.82, 2.24) is 0 Å². The summed E-state index contributed by atoms with van der Waals surface area (Å²) in [6.07, 6.45) is 1.82. The lowest BCUT2D eigenvalue weighted by atomic mass is 10.1. The largest absolute Gasteiger partial charge is 0.490 e. The van der Waals surface area contributed by atoms with Gasteiger partial charge in [-0.25, -0.2) is 0 Å². The average Bonchev–Trinajstić information content (AvgIpc) is 3.09. The molecule has 1 heterocycles. The Bertz CT molecular complexity index is 1340. The van der Waals surface area contributed by atoms with Crippen molar-refractivity contribution >= 4 is 69.2 Å². The lowest BCUT2D eigenvalue weighted by molar-refractivity contribution is -0.113. The highest BCUT2D eigenvalue weighted by molar-refractivity contribution is 8.27. The van der Waals surface area contributed by atoms with E-state index in [1.165, 1.54) is 17.3 Å². The van der Waals surface area contributed by atoms with Gasteiger partial charge in [0.2, 0.25) is 0 Å². The Hall–Kier alpha value is -2.51. The molecule has 3 aromatic rings. The van der Waals surface area contributed by atoms with Crippen LogP contribution in [-0.4, -0.2) is 16.8 Å². The fourth-order valence-corrected chi connectivity index (χ4v) is 5.26. The third-order valence-corrected chi connectivity index (χ3v) is 7.40. The molecule has 1 saturated heterocycles. The molecule has 1 aliphatic rings. The zero-order valence-electron chi connectivity index (χ0n) is 19.4. The van der Waals surface area contributed by atoms with Crippen LogP contribution in [0.4, 0.5) is 5.69 Å². The van der Waals surface area contributed by atoms with Gasteiger partial charge in [0, 0.05) is 15.6 Å². The molecule has 0 unspecified atom stereocenters. The number of benzene rings is 3. The Morgan fingerprint density at radius 1 is 0.971 bits per heavy atom. The maximum atomic E-state index is 13.2. The highest BCUT2D eigenvalue weighted by Gasteiger charge is 2.33. The lowest BCUT2D eigenvalue weighted by Gasteiger charge is -2.16. The molecule has 1 amide bonds. The van der Waals surface area contributed by atoms with E-state index in [2.05, 4.69) is 0 Å². The Balaban J connectivity index is 1.56. The zero-order valence-corrected chi connectivity index (χ0v) is 22.6. The summed E-state index contributed by atoms with van der Waals surface area (Å²) in [6, 6.07) is 16.7. The SMILES string of the molecule is CCOc1cc(/C=C2/SC(=S)N(c3ccc(C)c(C)c3)C2=O)ccc1OCc1ccc(Cl)cc1Cl. The number of hydrogen-bond acceptors (Lipinski definition) is 5. The van der Waals surface area contributed by atoms with Crippen LogP contribution in [0, 0.1) is 13.8 Å². The van der Waals surface area contributed by atoms with E-state index < -0.39 is 0 Å². The van der Waals surface area contributed by atoms with Gasteiger partial charge in [0.25, 0.3) is 5.91 Å². The van der Waals surface area contributed by atoms with Gasteiger partial charge in [0.15, 0.2) is 15.8 Å². The first-order valence-corrected chi connectivity index (χ1v) is 12.9. The van der Waals surface area contributed by atoms with Crippen LogP contribution < -0.4 is 14.4 Å². The van der Waals surface area contributed by atoms with Crippen LogP contribution in [0.5, 0.6) is 11.5 Å². The molecule has 0 spiro atoms. The predicted octanol–water partition coefficient (Wildman–Crippen LogP) is 7.99. The van der Waals surface area contributed by atoms with E-state index in [0.29, 0.717) is 37.4 Å². The summed E-state index contributed by atoms with van der Waals surface area (Å²) in [4.78, 5) is 15.3. The zero-order chi connectivity index (χ0) is 25.1. The number of thiocarbonyl (C=S) groups is 1. The standard InChI is InChI=1S/C27H23Cl2NO3S2/c1-4-32-24-12-18(6-10-23(24)33-15-19-7-8-20(28)14-22(19)29)13-25-26(31)30(27(34)35-25)21-9-5-16(2)17(3)11-21/h5-14H,4,15H2,1-3H3/b25-13+. The van der Waals surface area contributed by atoms with Crippen molar-refractivity contribution in [3.63, 3.8) is 0 Å². The van der Waals surface area contributed by atoms with Crippen LogP contribution in [0.3, 0.4) is 0 Å². The minimum absolute atomic E-state index is 0.140. The number of rotatable bonds is 7. The molecule has 3 aromatic carbocycles. The Morgan fingerprint density at radius 3 is 2.49 bits per heavy atom. The van der Waals surface area contributed by atoms with Gasteiger partial charge in [-0.3, -0.25) is 9.69 Å². The molecule has 0 bridgehead atoms. The first-order valence-electron chi connectivity index (χ1n) is 11.0. The number of halogens is 2. The number of ether oxygens (including phenoxy) is 2. The summed E-state index contributed by atoms with van der Waals surface area (Å²) in [5, 5.41) is 1.11. The van der Waals surface area contributed by atoms with Crippen LogP contribution in [0.2, 0.25) is 10.0 Å². The summed E-state index contributed by atoms with van der Waals surface area (Å²) in [6.45, 7) is 6.70. The number of thioether (sulfide) groups is 1. The van der Waals surface area contributed by atoms with Crippen LogP contribution in [0.1, 0.15) is 29.2 Å². The van der Waals surface area contributed by atoms with Gasteiger partial charge in [0.1, 0.15) is 6.61 Å². The molecule has 1 aliphatic heterocycles. The van der Waals surface area contributed by atoms with Gasteiger partial charge in [-0.2, -0.15) is 0 Å². The third-order valence-electron chi connectivity index (χ3n) is 5.51. The molecule has 0 N–H and O–H groups in total. The molecule has 0 radical (unpaired) electrons. The topological polar surface area (TPSA) is 38.8 Å². The summed E-state index contributed by atoms with van der Waals surface area (Å²) < 4.78 is 12.3. The van der Waals surface area contributed by atoms with Crippen molar-refractivity contribution in [2.24, 2.45) is 0 Å². The molecule has 4 rings (SSSR count). The normalized spacial score (nSPS) is 14.7. The van der Waals surface area contributed by atoms with E-state index >= 15 is 0 Å². The smallest absolute Gasteiger partial charge is 0.270 e. The van der Waals surface area contributed by atoms with E-state index in [4.69, 9.17) is 44.9 Å². The van der Waals surface area contributed by atoms with Crippen molar-refractivity contribution in [1.29, 1.82) is 0 Å². The second-order valence-electron chi connectivity index (χ2n) is 7.95. The van der Waals surface area contributed by atoms with Crippen molar-refractivity contribution in [2.45, 2.75) is 27.4 Å². The highest BCUT2D eigenvalue weighted by atomic mass is 35.5. The summed E-state index contributed by atoms with van der Waals surface area (Å²) in [7, 11) is 0. The molecular weight excluding hydrogens is 521 g/mol. The van der Waals surface area contributed by atoms with Gasteiger partial charge in [-0.1, -0.05) is 65.4 Å². The van der Waals surface area contributed by atoms with Crippen LogP contribution in [0.25, 0.3) is 6.08 Å². The van der Waals surface area contributed by atoms with Crippen molar-refractivity contribution in [2.75, 3.05) is 11.5 Å². The first kappa shape index (κ1) is 25.6. The molecular formula is C27H23Cl2NO3S2. The minimum atomic E-state index is -0.140. The predicted molar refractivity (Wildman–Crippen MR) is 150 cm³/mol. The fraction of sp³-hybridized carbons (Fsp3) is 0.185. The number of aryl methyl sites for hydroxylation is 2.